The predicted molar refractivity (Wildman–Crippen MR) is 121 cm³/mol. The molecule has 1 saturated heterocycles. The van der Waals surface area contributed by atoms with Crippen molar-refractivity contribution in [3.8, 4) is 11.5 Å². The van der Waals surface area contributed by atoms with Gasteiger partial charge in [-0.15, -0.1) is 0 Å². The van der Waals surface area contributed by atoms with Crippen molar-refractivity contribution in [1.82, 2.24) is 10.7 Å². The van der Waals surface area contributed by atoms with Gasteiger partial charge in [0.1, 0.15) is 11.5 Å². The number of carbonyl (C=O) groups excluding carboxylic acids is 3. The lowest BCUT2D eigenvalue weighted by atomic mass is 10.2. The third kappa shape index (κ3) is 7.93. The highest BCUT2D eigenvalue weighted by molar-refractivity contribution is 6.35. The summed E-state index contributed by atoms with van der Waals surface area (Å²) in [5.74, 6) is -0.725. The molecule has 3 N–H and O–H groups in total. The molecule has 1 aliphatic rings. The Bertz CT molecular complexity index is 969. The lowest BCUT2D eigenvalue weighted by Crippen LogP contribution is -2.41. The van der Waals surface area contributed by atoms with E-state index in [4.69, 9.17) is 14.2 Å². The first-order valence-corrected chi connectivity index (χ1v) is 10.4. The van der Waals surface area contributed by atoms with E-state index in [2.05, 4.69) is 21.2 Å². The van der Waals surface area contributed by atoms with Crippen LogP contribution in [0.1, 0.15) is 18.4 Å². The first-order valence-electron chi connectivity index (χ1n) is 10.4. The number of hydrazone groups is 1. The lowest BCUT2D eigenvalue weighted by molar-refractivity contribution is -0.139. The van der Waals surface area contributed by atoms with Crippen molar-refractivity contribution in [3.05, 3.63) is 54.1 Å². The average molecular weight is 454 g/mol. The van der Waals surface area contributed by atoms with Crippen molar-refractivity contribution in [3.63, 3.8) is 0 Å². The highest BCUT2D eigenvalue weighted by atomic mass is 16.5. The molecule has 1 heterocycles. The van der Waals surface area contributed by atoms with E-state index in [1.54, 1.807) is 55.6 Å². The van der Waals surface area contributed by atoms with Gasteiger partial charge in [0, 0.05) is 18.8 Å². The largest absolute Gasteiger partial charge is 0.497 e. The molecule has 2 aromatic rings. The van der Waals surface area contributed by atoms with Crippen LogP contribution < -0.4 is 25.5 Å². The highest BCUT2D eigenvalue weighted by Crippen LogP contribution is 2.15. The summed E-state index contributed by atoms with van der Waals surface area (Å²) in [7, 11) is 1.57. The van der Waals surface area contributed by atoms with Gasteiger partial charge >= 0.3 is 11.8 Å². The smallest absolute Gasteiger partial charge is 0.329 e. The fraction of sp³-hybridized carbons (Fsp3) is 0.304. The maximum atomic E-state index is 12.0. The quantitative estimate of drug-likeness (QED) is 0.299. The van der Waals surface area contributed by atoms with E-state index in [0.29, 0.717) is 35.9 Å². The molecule has 0 radical (unpaired) electrons. The van der Waals surface area contributed by atoms with Crippen molar-refractivity contribution in [2.45, 2.75) is 18.9 Å². The molecule has 3 amide bonds. The normalized spacial score (nSPS) is 15.1. The van der Waals surface area contributed by atoms with Crippen molar-refractivity contribution in [2.75, 3.05) is 32.2 Å². The van der Waals surface area contributed by atoms with Gasteiger partial charge in [0.2, 0.25) is 0 Å². The van der Waals surface area contributed by atoms with Crippen LogP contribution in [0.5, 0.6) is 11.5 Å². The Labute approximate surface area is 191 Å². The van der Waals surface area contributed by atoms with Gasteiger partial charge in [-0.25, -0.2) is 5.43 Å². The van der Waals surface area contributed by atoms with Crippen molar-refractivity contribution in [2.24, 2.45) is 5.10 Å². The molecule has 0 aliphatic carbocycles. The molecule has 0 bridgehead atoms. The summed E-state index contributed by atoms with van der Waals surface area (Å²) in [6.07, 6.45) is 3.18. The molecule has 1 aliphatic heterocycles. The molecular formula is C23H26N4O6. The Morgan fingerprint density at radius 3 is 2.45 bits per heavy atom. The van der Waals surface area contributed by atoms with Gasteiger partial charge in [0.05, 0.1) is 19.4 Å². The third-order valence-corrected chi connectivity index (χ3v) is 4.72. The maximum absolute atomic E-state index is 12.0. The SMILES string of the molecule is COc1ccc(NC(=O)COc2ccc(/C=N\NC(=O)C(=O)NC[C@H]3CCCO3)cc2)cc1. The number of amides is 3. The number of rotatable bonds is 9. The van der Waals surface area contributed by atoms with Crippen LogP contribution in [0.3, 0.4) is 0 Å². The van der Waals surface area contributed by atoms with Gasteiger partial charge in [0.15, 0.2) is 6.61 Å². The number of ether oxygens (including phenoxy) is 3. The fourth-order valence-corrected chi connectivity index (χ4v) is 2.98. The molecule has 10 nitrogen and oxygen atoms in total. The summed E-state index contributed by atoms with van der Waals surface area (Å²) in [6, 6.07) is 13.7. The zero-order valence-electron chi connectivity index (χ0n) is 18.2. The minimum absolute atomic E-state index is 0.0421. The molecule has 0 spiro atoms. The third-order valence-electron chi connectivity index (χ3n) is 4.72. The van der Waals surface area contributed by atoms with Gasteiger partial charge < -0.3 is 24.8 Å². The average Bonchev–Trinajstić information content (AvgIpc) is 3.36. The van der Waals surface area contributed by atoms with E-state index in [9.17, 15) is 14.4 Å². The number of hydrogen-bond donors (Lipinski definition) is 3. The van der Waals surface area contributed by atoms with E-state index in [0.717, 1.165) is 12.8 Å². The Hall–Kier alpha value is -3.92. The first kappa shape index (κ1) is 23.7. The van der Waals surface area contributed by atoms with Crippen LogP contribution in [0.2, 0.25) is 0 Å². The minimum Gasteiger partial charge on any atom is -0.497 e. The maximum Gasteiger partial charge on any atom is 0.329 e. The van der Waals surface area contributed by atoms with Crippen LogP contribution in [0.15, 0.2) is 53.6 Å². The van der Waals surface area contributed by atoms with Gasteiger partial charge in [-0.2, -0.15) is 5.10 Å². The van der Waals surface area contributed by atoms with Gasteiger partial charge in [0.25, 0.3) is 5.91 Å². The van der Waals surface area contributed by atoms with E-state index in [1.807, 2.05) is 0 Å². The van der Waals surface area contributed by atoms with Crippen molar-refractivity contribution < 1.29 is 28.6 Å². The number of nitrogens with one attached hydrogen (secondary N) is 3. The Kier molecular flexibility index (Phi) is 8.78. The molecule has 2 aromatic carbocycles. The van der Waals surface area contributed by atoms with Crippen LogP contribution in [-0.2, 0) is 19.1 Å². The lowest BCUT2D eigenvalue weighted by Gasteiger charge is -2.09. The highest BCUT2D eigenvalue weighted by Gasteiger charge is 2.18. The first-order chi connectivity index (χ1) is 16.0. The van der Waals surface area contributed by atoms with E-state index in [-0.39, 0.29) is 18.6 Å². The summed E-state index contributed by atoms with van der Waals surface area (Å²) in [6.45, 7) is 0.823. The Morgan fingerprint density at radius 1 is 1.06 bits per heavy atom. The minimum atomic E-state index is -0.855. The Balaban J connectivity index is 1.37. The topological polar surface area (TPSA) is 127 Å². The zero-order valence-corrected chi connectivity index (χ0v) is 18.2. The van der Waals surface area contributed by atoms with E-state index in [1.165, 1.54) is 6.21 Å². The fourth-order valence-electron chi connectivity index (χ4n) is 2.98. The monoisotopic (exact) mass is 454 g/mol. The standard InChI is InChI=1S/C23H26N4O6/c1-31-18-10-6-17(7-11-18)26-21(28)15-33-19-8-4-16(5-9-19)13-25-27-23(30)22(29)24-14-20-3-2-12-32-20/h4-11,13,20H,2-3,12,14-15H2,1H3,(H,24,29)(H,26,28)(H,27,30)/b25-13-/t20-/m1/s1. The van der Waals surface area contributed by atoms with Crippen LogP contribution in [0.25, 0.3) is 0 Å². The summed E-state index contributed by atoms with van der Waals surface area (Å²) in [4.78, 5) is 35.5. The van der Waals surface area contributed by atoms with Crippen molar-refractivity contribution in [1.29, 1.82) is 0 Å². The Morgan fingerprint density at radius 2 is 1.79 bits per heavy atom. The number of anilines is 1. The summed E-state index contributed by atoms with van der Waals surface area (Å²) >= 11 is 0. The molecular weight excluding hydrogens is 428 g/mol. The second-order valence-corrected chi connectivity index (χ2v) is 7.18. The molecule has 0 unspecified atom stereocenters. The van der Waals surface area contributed by atoms with Crippen molar-refractivity contribution >= 4 is 29.6 Å². The van der Waals surface area contributed by atoms with E-state index < -0.39 is 11.8 Å². The van der Waals surface area contributed by atoms with Gasteiger partial charge in [-0.05, 0) is 66.9 Å². The van der Waals surface area contributed by atoms with E-state index >= 15 is 0 Å². The number of carbonyl (C=O) groups is 3. The van der Waals surface area contributed by atoms with Crippen LogP contribution in [-0.4, -0.2) is 56.9 Å². The summed E-state index contributed by atoms with van der Waals surface area (Å²) < 4.78 is 15.9. The number of nitrogens with zero attached hydrogens (tertiary/aromatic N) is 1. The molecule has 1 fully saturated rings. The molecule has 0 aromatic heterocycles. The molecule has 174 valence electrons. The number of methoxy groups -OCH3 is 1. The summed E-state index contributed by atoms with van der Waals surface area (Å²) in [5.41, 5.74) is 3.49. The summed E-state index contributed by atoms with van der Waals surface area (Å²) in [5, 5.41) is 9.02. The van der Waals surface area contributed by atoms with Gasteiger partial charge in [-0.3, -0.25) is 14.4 Å². The number of benzene rings is 2. The molecule has 10 heteroatoms. The zero-order chi connectivity index (χ0) is 23.5. The van der Waals surface area contributed by atoms with Gasteiger partial charge in [-0.1, -0.05) is 0 Å². The molecule has 0 saturated carbocycles. The predicted octanol–water partition coefficient (Wildman–Crippen LogP) is 1.46. The second kappa shape index (κ2) is 12.2. The number of hydrogen-bond acceptors (Lipinski definition) is 7. The molecule has 33 heavy (non-hydrogen) atoms. The molecule has 1 atom stereocenters. The molecule has 3 rings (SSSR count). The van der Waals surface area contributed by atoms with Crippen LogP contribution in [0, 0.1) is 0 Å². The van der Waals surface area contributed by atoms with Crippen LogP contribution in [0.4, 0.5) is 5.69 Å². The second-order valence-electron chi connectivity index (χ2n) is 7.18. The van der Waals surface area contributed by atoms with Crippen LogP contribution >= 0.6 is 0 Å².